The number of piperazine rings is 1. The van der Waals surface area contributed by atoms with E-state index in [1.807, 2.05) is 37.4 Å². The number of aromatic nitrogens is 1. The molecule has 110 valence electrons. The van der Waals surface area contributed by atoms with Crippen LogP contribution in [0.3, 0.4) is 0 Å². The van der Waals surface area contributed by atoms with Crippen molar-refractivity contribution >= 4 is 16.7 Å². The molecule has 1 atom stereocenters. The van der Waals surface area contributed by atoms with E-state index in [1.165, 1.54) is 0 Å². The van der Waals surface area contributed by atoms with Gasteiger partial charge in [-0.05, 0) is 31.8 Å². The van der Waals surface area contributed by atoms with E-state index in [-0.39, 0.29) is 6.04 Å². The van der Waals surface area contributed by atoms with Gasteiger partial charge in [-0.25, -0.2) is 0 Å². The van der Waals surface area contributed by atoms with Crippen molar-refractivity contribution in [2.75, 3.05) is 33.7 Å². The van der Waals surface area contributed by atoms with Crippen LogP contribution in [0, 0.1) is 0 Å². The second-order valence-corrected chi connectivity index (χ2v) is 5.89. The summed E-state index contributed by atoms with van der Waals surface area (Å²) in [5, 5.41) is 1.08. The first-order valence-electron chi connectivity index (χ1n) is 7.39. The van der Waals surface area contributed by atoms with Gasteiger partial charge in [0.1, 0.15) is 0 Å². The van der Waals surface area contributed by atoms with Crippen molar-refractivity contribution in [3.8, 4) is 0 Å². The van der Waals surface area contributed by atoms with Crippen LogP contribution in [0.2, 0.25) is 0 Å². The van der Waals surface area contributed by atoms with Crippen molar-refractivity contribution < 1.29 is 4.79 Å². The first kappa shape index (κ1) is 14.2. The van der Waals surface area contributed by atoms with E-state index in [1.54, 1.807) is 6.20 Å². The van der Waals surface area contributed by atoms with Crippen LogP contribution in [0.25, 0.3) is 10.9 Å². The van der Waals surface area contributed by atoms with Crippen LogP contribution < -0.4 is 0 Å². The summed E-state index contributed by atoms with van der Waals surface area (Å²) in [6.07, 6.45) is 2.27. The average Bonchev–Trinajstić information content (AvgIpc) is 2.50. The van der Waals surface area contributed by atoms with E-state index in [4.69, 9.17) is 0 Å². The summed E-state index contributed by atoms with van der Waals surface area (Å²) < 4.78 is 0. The maximum Gasteiger partial charge on any atom is 0.155 e. The molecule has 1 aromatic heterocycles. The van der Waals surface area contributed by atoms with Crippen LogP contribution >= 0.6 is 0 Å². The van der Waals surface area contributed by atoms with E-state index < -0.39 is 0 Å². The number of para-hydroxylation sites is 1. The Labute approximate surface area is 125 Å². The van der Waals surface area contributed by atoms with Gasteiger partial charge in [0.05, 0.1) is 11.6 Å². The van der Waals surface area contributed by atoms with Gasteiger partial charge in [-0.3, -0.25) is 14.7 Å². The Morgan fingerprint density at radius 1 is 1.24 bits per heavy atom. The molecule has 1 fully saturated rings. The zero-order valence-corrected chi connectivity index (χ0v) is 12.6. The SMILES string of the molecule is CN1CCN(C)C(C(=O)Cc2ccnc3ccccc23)C1. The van der Waals surface area contributed by atoms with Gasteiger partial charge in [0.2, 0.25) is 0 Å². The zero-order chi connectivity index (χ0) is 14.8. The third-order valence-corrected chi connectivity index (χ3v) is 4.33. The summed E-state index contributed by atoms with van der Waals surface area (Å²) in [4.78, 5) is 21.4. The average molecular weight is 283 g/mol. The first-order chi connectivity index (χ1) is 10.1. The molecule has 0 bridgehead atoms. The summed E-state index contributed by atoms with van der Waals surface area (Å²) in [7, 11) is 4.12. The van der Waals surface area contributed by atoms with Crippen molar-refractivity contribution in [2.24, 2.45) is 0 Å². The molecule has 0 spiro atoms. The molecule has 0 saturated carbocycles. The fraction of sp³-hybridized carbons (Fsp3) is 0.412. The third kappa shape index (κ3) is 2.96. The van der Waals surface area contributed by atoms with Crippen LogP contribution in [0.15, 0.2) is 36.5 Å². The first-order valence-corrected chi connectivity index (χ1v) is 7.39. The minimum Gasteiger partial charge on any atom is -0.303 e. The number of hydrogen-bond donors (Lipinski definition) is 0. The Morgan fingerprint density at radius 2 is 2.05 bits per heavy atom. The number of fused-ring (bicyclic) bond motifs is 1. The number of carbonyl (C=O) groups excluding carboxylic acids is 1. The highest BCUT2D eigenvalue weighted by Crippen LogP contribution is 2.18. The molecule has 4 heteroatoms. The molecule has 21 heavy (non-hydrogen) atoms. The summed E-state index contributed by atoms with van der Waals surface area (Å²) in [5.74, 6) is 0.292. The second kappa shape index (κ2) is 5.92. The van der Waals surface area contributed by atoms with E-state index in [0.717, 1.165) is 36.1 Å². The summed E-state index contributed by atoms with van der Waals surface area (Å²) in [5.41, 5.74) is 2.03. The van der Waals surface area contributed by atoms with Crippen molar-refractivity contribution in [3.63, 3.8) is 0 Å². The molecule has 1 aliphatic heterocycles. The maximum atomic E-state index is 12.7. The number of hydrogen-bond acceptors (Lipinski definition) is 4. The zero-order valence-electron chi connectivity index (χ0n) is 12.6. The lowest BCUT2D eigenvalue weighted by atomic mass is 9.98. The third-order valence-electron chi connectivity index (χ3n) is 4.33. The highest BCUT2D eigenvalue weighted by Gasteiger charge is 2.28. The lowest BCUT2D eigenvalue weighted by molar-refractivity contribution is -0.125. The second-order valence-electron chi connectivity index (χ2n) is 5.89. The minimum absolute atomic E-state index is 0.00400. The number of pyridine rings is 1. The molecule has 1 aliphatic rings. The molecule has 2 aromatic rings. The fourth-order valence-corrected chi connectivity index (χ4v) is 2.97. The van der Waals surface area contributed by atoms with Gasteiger partial charge in [0.15, 0.2) is 5.78 Å². The molecule has 0 N–H and O–H groups in total. The molecule has 0 amide bonds. The molecule has 1 saturated heterocycles. The Morgan fingerprint density at radius 3 is 2.90 bits per heavy atom. The molecule has 2 heterocycles. The van der Waals surface area contributed by atoms with Crippen molar-refractivity contribution in [3.05, 3.63) is 42.1 Å². The van der Waals surface area contributed by atoms with E-state index in [2.05, 4.69) is 21.8 Å². The highest BCUT2D eigenvalue weighted by molar-refractivity contribution is 5.91. The minimum atomic E-state index is -0.00400. The van der Waals surface area contributed by atoms with Gasteiger partial charge < -0.3 is 4.90 Å². The van der Waals surface area contributed by atoms with Crippen molar-refractivity contribution in [1.29, 1.82) is 0 Å². The van der Waals surface area contributed by atoms with Gasteiger partial charge in [-0.15, -0.1) is 0 Å². The van der Waals surface area contributed by atoms with Gasteiger partial charge >= 0.3 is 0 Å². The van der Waals surface area contributed by atoms with Gasteiger partial charge in [-0.2, -0.15) is 0 Å². The molecule has 3 rings (SSSR count). The number of Topliss-reactive ketones (excluding diaryl/α,β-unsaturated/α-hetero) is 1. The molecule has 0 radical (unpaired) electrons. The van der Waals surface area contributed by atoms with Gasteiger partial charge in [0, 0.05) is 37.6 Å². The van der Waals surface area contributed by atoms with Crippen molar-refractivity contribution in [2.45, 2.75) is 12.5 Å². The predicted molar refractivity (Wildman–Crippen MR) is 84.4 cm³/mol. The number of carbonyl (C=O) groups is 1. The monoisotopic (exact) mass is 283 g/mol. The van der Waals surface area contributed by atoms with Gasteiger partial charge in [-0.1, -0.05) is 18.2 Å². The topological polar surface area (TPSA) is 36.4 Å². The predicted octanol–water partition coefficient (Wildman–Crippen LogP) is 1.59. The number of likely N-dealkylation sites (N-methyl/N-ethyl adjacent to an activating group) is 2. The van der Waals surface area contributed by atoms with Crippen molar-refractivity contribution in [1.82, 2.24) is 14.8 Å². The Hall–Kier alpha value is -1.78. The maximum absolute atomic E-state index is 12.7. The number of ketones is 1. The van der Waals surface area contributed by atoms with E-state index in [9.17, 15) is 4.79 Å². The van der Waals surface area contributed by atoms with E-state index >= 15 is 0 Å². The Balaban J connectivity index is 1.83. The summed E-state index contributed by atoms with van der Waals surface area (Å²) in [6, 6.07) is 9.97. The Bertz CT molecular complexity index is 650. The quantitative estimate of drug-likeness (QED) is 0.857. The fourth-order valence-electron chi connectivity index (χ4n) is 2.97. The lowest BCUT2D eigenvalue weighted by Crippen LogP contribution is -2.53. The highest BCUT2D eigenvalue weighted by atomic mass is 16.1. The van der Waals surface area contributed by atoms with Crippen LogP contribution in [0.5, 0.6) is 0 Å². The molecule has 1 unspecified atom stereocenters. The lowest BCUT2D eigenvalue weighted by Gasteiger charge is -2.36. The summed E-state index contributed by atoms with van der Waals surface area (Å²) in [6.45, 7) is 2.79. The summed E-state index contributed by atoms with van der Waals surface area (Å²) >= 11 is 0. The molecular weight excluding hydrogens is 262 g/mol. The van der Waals surface area contributed by atoms with Crippen LogP contribution in [0.1, 0.15) is 5.56 Å². The normalized spacial score (nSPS) is 20.8. The number of rotatable bonds is 3. The number of nitrogens with zero attached hydrogens (tertiary/aromatic N) is 3. The largest absolute Gasteiger partial charge is 0.303 e. The van der Waals surface area contributed by atoms with Crippen LogP contribution in [0.4, 0.5) is 0 Å². The standard InChI is InChI=1S/C17H21N3O/c1-19-9-10-20(2)16(12-19)17(21)11-13-7-8-18-15-6-4-3-5-14(13)15/h3-8,16H,9-12H2,1-2H3. The molecule has 1 aromatic carbocycles. The van der Waals surface area contributed by atoms with E-state index in [0.29, 0.717) is 12.2 Å². The molecular formula is C17H21N3O. The molecule has 4 nitrogen and oxygen atoms in total. The number of benzene rings is 1. The van der Waals surface area contributed by atoms with Crippen LogP contribution in [-0.2, 0) is 11.2 Å². The molecule has 0 aliphatic carbocycles. The van der Waals surface area contributed by atoms with Crippen LogP contribution in [-0.4, -0.2) is 60.3 Å². The smallest absolute Gasteiger partial charge is 0.155 e. The van der Waals surface area contributed by atoms with Gasteiger partial charge in [0.25, 0.3) is 0 Å². The Kier molecular flexibility index (Phi) is 3.99.